The van der Waals surface area contributed by atoms with Crippen LogP contribution in [0.5, 0.6) is 11.5 Å². The van der Waals surface area contributed by atoms with Gasteiger partial charge >= 0.3 is 0 Å². The van der Waals surface area contributed by atoms with E-state index in [1.54, 1.807) is 0 Å². The van der Waals surface area contributed by atoms with Gasteiger partial charge in [0.1, 0.15) is 11.5 Å². The summed E-state index contributed by atoms with van der Waals surface area (Å²) < 4.78 is 7.31. The summed E-state index contributed by atoms with van der Waals surface area (Å²) in [5.74, 6) is 5.06. The number of rotatable bonds is 7. The van der Waals surface area contributed by atoms with E-state index in [1.807, 2.05) is 127 Å². The van der Waals surface area contributed by atoms with Crippen LogP contribution in [0.15, 0.2) is 231 Å². The Morgan fingerprint density at radius 3 is 1.19 bits per heavy atom. The molecule has 1 aliphatic heterocycles. The van der Waals surface area contributed by atoms with Gasteiger partial charge in [-0.3, -0.25) is 0 Å². The number of nitrogens with zero attached hydrogens (tertiary/aromatic N) is 6. The molecule has 0 saturated heterocycles. The molecular formula is C61H38N6O. The van der Waals surface area contributed by atoms with Crippen LogP contribution in [-0.4, -0.2) is 29.9 Å². The van der Waals surface area contributed by atoms with Gasteiger partial charge in [-0.2, -0.15) is 0 Å². The van der Waals surface area contributed by atoms with Crippen LogP contribution in [-0.2, 0) is 5.41 Å². The first-order chi connectivity index (χ1) is 33.7. The fraction of sp³-hybridized carbons (Fsp3) is 0.0164. The quantitative estimate of drug-likeness (QED) is 0.158. The summed E-state index contributed by atoms with van der Waals surface area (Å²) >= 11 is 0. The Balaban J connectivity index is 1.07. The van der Waals surface area contributed by atoms with Gasteiger partial charge in [0, 0.05) is 50.1 Å². The van der Waals surface area contributed by atoms with Crippen molar-refractivity contribution >= 4 is 0 Å². The second-order valence-corrected chi connectivity index (χ2v) is 17.0. The molecule has 11 aromatic rings. The van der Waals surface area contributed by atoms with Gasteiger partial charge in [0.2, 0.25) is 0 Å². The number of hydrogen-bond donors (Lipinski definition) is 0. The van der Waals surface area contributed by atoms with E-state index < -0.39 is 5.41 Å². The monoisotopic (exact) mass is 870 g/mol. The predicted molar refractivity (Wildman–Crippen MR) is 269 cm³/mol. The number of hydrogen-bond acceptors (Lipinski definition) is 7. The first-order valence-electron chi connectivity index (χ1n) is 22.7. The Hall–Kier alpha value is -9.20. The van der Waals surface area contributed by atoms with Crippen molar-refractivity contribution < 1.29 is 4.74 Å². The van der Waals surface area contributed by atoms with E-state index >= 15 is 0 Å². The molecule has 1 unspecified atom stereocenters. The third-order valence-electron chi connectivity index (χ3n) is 13.1. The lowest BCUT2D eigenvalue weighted by Crippen LogP contribution is -2.32. The van der Waals surface area contributed by atoms with Gasteiger partial charge in [0.05, 0.1) is 5.41 Å². The zero-order valence-corrected chi connectivity index (χ0v) is 36.5. The normalized spacial score (nSPS) is 14.1. The molecule has 2 aromatic heterocycles. The Kier molecular flexibility index (Phi) is 9.25. The summed E-state index contributed by atoms with van der Waals surface area (Å²) in [6.45, 7) is 0. The molecular weight excluding hydrogens is 833 g/mol. The second kappa shape index (κ2) is 16.0. The maximum Gasteiger partial charge on any atom is 0.164 e. The molecule has 7 heteroatoms. The molecule has 0 amide bonds. The zero-order valence-electron chi connectivity index (χ0n) is 36.5. The van der Waals surface area contributed by atoms with E-state index in [2.05, 4.69) is 103 Å². The van der Waals surface area contributed by atoms with Gasteiger partial charge in [-0.1, -0.05) is 224 Å². The third kappa shape index (κ3) is 6.36. The highest BCUT2D eigenvalue weighted by atomic mass is 16.5. The lowest BCUT2D eigenvalue weighted by atomic mass is 9.65. The Morgan fingerprint density at radius 2 is 0.662 bits per heavy atom. The van der Waals surface area contributed by atoms with Crippen molar-refractivity contribution in [1.82, 2.24) is 29.9 Å². The van der Waals surface area contributed by atoms with E-state index in [0.717, 1.165) is 83.6 Å². The van der Waals surface area contributed by atoms with E-state index in [1.165, 1.54) is 0 Å². The van der Waals surface area contributed by atoms with Crippen LogP contribution in [0.4, 0.5) is 0 Å². The van der Waals surface area contributed by atoms with Crippen molar-refractivity contribution in [3.63, 3.8) is 0 Å². The molecule has 7 nitrogen and oxygen atoms in total. The SMILES string of the molecule is c1ccc(-c2nc(-c3ccccc3)nc(-c3ccc4c(c3)Oc3c(-c5ccccc5)cccc3C43c4ccccc4-c4c(-c5nc(-c6ccccc6)nc(-c6ccccc6)n5)cccc43)n2)cc1. The van der Waals surface area contributed by atoms with Crippen LogP contribution < -0.4 is 4.74 Å². The molecule has 0 saturated carbocycles. The molecule has 13 rings (SSSR count). The van der Waals surface area contributed by atoms with Crippen molar-refractivity contribution in [1.29, 1.82) is 0 Å². The number of ether oxygens (including phenoxy) is 1. The van der Waals surface area contributed by atoms with E-state index in [4.69, 9.17) is 34.6 Å². The maximum absolute atomic E-state index is 7.31. The number of aromatic nitrogens is 6. The van der Waals surface area contributed by atoms with Gasteiger partial charge in [0.15, 0.2) is 34.9 Å². The van der Waals surface area contributed by atoms with Crippen LogP contribution in [0.2, 0.25) is 0 Å². The minimum absolute atomic E-state index is 0.549. The molecule has 0 radical (unpaired) electrons. The van der Waals surface area contributed by atoms with Gasteiger partial charge in [-0.25, -0.2) is 29.9 Å². The highest BCUT2D eigenvalue weighted by Gasteiger charge is 2.52. The molecule has 3 heterocycles. The summed E-state index contributed by atoms with van der Waals surface area (Å²) in [7, 11) is 0. The third-order valence-corrected chi connectivity index (χ3v) is 13.1. The highest BCUT2D eigenvalue weighted by molar-refractivity contribution is 5.97. The number of fused-ring (bicyclic) bond motifs is 9. The molecule has 1 aliphatic carbocycles. The highest BCUT2D eigenvalue weighted by Crippen LogP contribution is 2.64. The fourth-order valence-corrected chi connectivity index (χ4v) is 10.1. The Labute approximate surface area is 393 Å². The van der Waals surface area contributed by atoms with Crippen molar-refractivity contribution in [3.8, 4) is 102 Å². The van der Waals surface area contributed by atoms with Gasteiger partial charge in [0.25, 0.3) is 0 Å². The zero-order chi connectivity index (χ0) is 45.0. The van der Waals surface area contributed by atoms with Gasteiger partial charge < -0.3 is 4.74 Å². The van der Waals surface area contributed by atoms with Crippen LogP contribution >= 0.6 is 0 Å². The van der Waals surface area contributed by atoms with Gasteiger partial charge in [-0.05, 0) is 33.9 Å². The first-order valence-corrected chi connectivity index (χ1v) is 22.7. The molecule has 1 atom stereocenters. The lowest BCUT2D eigenvalue weighted by molar-refractivity contribution is 0.438. The molecule has 9 aromatic carbocycles. The largest absolute Gasteiger partial charge is 0.456 e. The smallest absolute Gasteiger partial charge is 0.164 e. The van der Waals surface area contributed by atoms with Crippen molar-refractivity contribution in [3.05, 3.63) is 253 Å². The van der Waals surface area contributed by atoms with Gasteiger partial charge in [-0.15, -0.1) is 0 Å². The van der Waals surface area contributed by atoms with Crippen LogP contribution in [0.25, 0.3) is 90.6 Å². The standard InChI is InChI=1S/C61H38N6O/c1-6-20-39(21-7-1)45-31-18-35-51-54(45)68-52-38-44(59-64-55(40-22-8-2-9-23-40)62-56(65-59)41-24-10-3-11-25-41)36-37-49(52)61(51)48-33-17-16-30-46(48)53-47(32-19-34-50(53)61)60-66-57(42-26-12-4-13-27-42)63-58(67-60)43-28-14-5-15-29-43/h1-38H. The predicted octanol–water partition coefficient (Wildman–Crippen LogP) is 14.2. The summed E-state index contributed by atoms with van der Waals surface area (Å²) in [5.41, 5.74) is 13.1. The number of benzene rings is 9. The average molecular weight is 871 g/mol. The molecule has 0 bridgehead atoms. The minimum Gasteiger partial charge on any atom is -0.456 e. The van der Waals surface area contributed by atoms with Crippen LogP contribution in [0.3, 0.4) is 0 Å². The molecule has 0 N–H and O–H groups in total. The van der Waals surface area contributed by atoms with Crippen LogP contribution in [0.1, 0.15) is 22.3 Å². The second-order valence-electron chi connectivity index (χ2n) is 17.0. The van der Waals surface area contributed by atoms with Crippen molar-refractivity contribution in [2.75, 3.05) is 0 Å². The maximum atomic E-state index is 7.31. The summed E-state index contributed by atoms with van der Waals surface area (Å²) in [6, 6.07) is 79.1. The summed E-state index contributed by atoms with van der Waals surface area (Å²) in [4.78, 5) is 30.8. The van der Waals surface area contributed by atoms with Crippen molar-refractivity contribution in [2.45, 2.75) is 5.41 Å². The summed E-state index contributed by atoms with van der Waals surface area (Å²) in [6.07, 6.45) is 0. The van der Waals surface area contributed by atoms with E-state index in [0.29, 0.717) is 40.7 Å². The van der Waals surface area contributed by atoms with Crippen molar-refractivity contribution in [2.24, 2.45) is 0 Å². The molecule has 68 heavy (non-hydrogen) atoms. The topological polar surface area (TPSA) is 86.6 Å². The Bertz CT molecular complexity index is 3590. The fourth-order valence-electron chi connectivity index (χ4n) is 10.1. The average Bonchev–Trinajstić information content (AvgIpc) is 3.72. The Morgan fingerprint density at radius 1 is 0.265 bits per heavy atom. The minimum atomic E-state index is -0.810. The number of para-hydroxylation sites is 1. The van der Waals surface area contributed by atoms with E-state index in [9.17, 15) is 0 Å². The lowest BCUT2D eigenvalue weighted by Gasteiger charge is -2.40. The molecule has 318 valence electrons. The molecule has 2 aliphatic rings. The molecule has 1 spiro atoms. The first kappa shape index (κ1) is 39.2. The van der Waals surface area contributed by atoms with E-state index in [-0.39, 0.29) is 0 Å². The molecule has 0 fully saturated rings. The van der Waals surface area contributed by atoms with Crippen LogP contribution in [0, 0.1) is 0 Å². The summed E-state index contributed by atoms with van der Waals surface area (Å²) in [5, 5.41) is 0.